The van der Waals surface area contributed by atoms with E-state index in [2.05, 4.69) is 5.32 Å². The number of aliphatic hydroxyl groups is 1. The first kappa shape index (κ1) is 56.2. The number of carbonyl (C=O) groups excluding carboxylic acids is 9. The number of thioether (sulfide) groups is 1. The molecule has 4 bridgehead atoms. The standard InChI is InChI=1S/C51H66ClN5O16S/c1-27-10-9-11-37(69-8)51(67)25-35(70-49(66)53-51)28(2)45-50(4,72-45)38(24-42(61)55(6)33-21-31(20-27)22-34(68-7)44(33)52)71-47(64)29(3)54(5)39(58)18-19-74-36-23-43(62)56(46(36)63)26-30-12-14-32(15-13-30)48(65)73-57-40(59)16-17-41(57)60/h9-11,21-22,28-30,32,35-38,45,67H,12-20,23-26H2,1-8H3,(H,53,66)/b11-9+,27-10-/t28-,29+,30?,32?,35+,36?,37-,38+,45+,50+,51+/m1/s1. The highest BCUT2D eigenvalue weighted by atomic mass is 35.5. The first-order valence-corrected chi connectivity index (χ1v) is 26.3. The molecule has 5 fully saturated rings. The Morgan fingerprint density at radius 1 is 1.01 bits per heavy atom. The summed E-state index contributed by atoms with van der Waals surface area (Å²) in [5.41, 5.74) is -1.23. The van der Waals surface area contributed by atoms with Crippen LogP contribution >= 0.6 is 23.4 Å². The van der Waals surface area contributed by atoms with Gasteiger partial charge < -0.3 is 43.4 Å². The number of halogens is 1. The van der Waals surface area contributed by atoms with Crippen LogP contribution in [0, 0.1) is 17.8 Å². The van der Waals surface area contributed by atoms with Crippen LogP contribution in [0.3, 0.4) is 0 Å². The number of fused-ring (bicyclic) bond motifs is 5. The fraction of sp³-hybridized carbons (Fsp3) is 0.627. The molecule has 5 aliphatic heterocycles. The number of alkyl carbamates (subject to hydrolysis) is 1. The molecule has 7 rings (SSSR count). The molecule has 0 radical (unpaired) electrons. The molecular weight excluding hydrogens is 1010 g/mol. The van der Waals surface area contributed by atoms with Gasteiger partial charge in [-0.05, 0) is 76.5 Å². The van der Waals surface area contributed by atoms with Crippen molar-refractivity contribution in [1.82, 2.24) is 20.2 Å². The number of nitrogens with one attached hydrogen (secondary N) is 1. The van der Waals surface area contributed by atoms with E-state index in [-0.39, 0.29) is 67.2 Å². The van der Waals surface area contributed by atoms with Crippen molar-refractivity contribution in [3.05, 3.63) is 46.5 Å². The van der Waals surface area contributed by atoms with Crippen LogP contribution in [0.1, 0.15) is 97.5 Å². The number of epoxide rings is 1. The Hall–Kier alpha value is -5.55. The number of esters is 1. The third kappa shape index (κ3) is 12.2. The number of rotatable bonds is 13. The van der Waals surface area contributed by atoms with Gasteiger partial charge in [0.15, 0.2) is 5.72 Å². The lowest BCUT2D eigenvalue weighted by molar-refractivity contribution is -0.201. The third-order valence-corrected chi connectivity index (χ3v) is 16.8. The number of nitrogens with zero attached hydrogens (tertiary/aromatic N) is 4. The number of likely N-dealkylation sites (N-methyl/N-ethyl adjacent to an activating group) is 1. The van der Waals surface area contributed by atoms with E-state index in [0.29, 0.717) is 48.6 Å². The van der Waals surface area contributed by atoms with Gasteiger partial charge in [-0.1, -0.05) is 42.3 Å². The minimum absolute atomic E-state index is 0.00240. The van der Waals surface area contributed by atoms with E-state index in [4.69, 9.17) is 40.1 Å². The molecule has 4 saturated heterocycles. The Balaban J connectivity index is 0.986. The number of benzene rings is 1. The van der Waals surface area contributed by atoms with Crippen LogP contribution in [0.4, 0.5) is 10.5 Å². The lowest BCUT2D eigenvalue weighted by atomic mass is 9.82. The van der Waals surface area contributed by atoms with Crippen LogP contribution in [-0.4, -0.2) is 161 Å². The molecule has 404 valence electrons. The van der Waals surface area contributed by atoms with Crippen molar-refractivity contribution in [1.29, 1.82) is 0 Å². The average Bonchev–Trinajstić information content (AvgIpc) is 3.87. The van der Waals surface area contributed by atoms with Crippen LogP contribution in [0.15, 0.2) is 35.9 Å². The van der Waals surface area contributed by atoms with E-state index < -0.39 is 107 Å². The number of imide groups is 2. The van der Waals surface area contributed by atoms with Crippen LogP contribution in [0.25, 0.3) is 0 Å². The Labute approximate surface area is 438 Å². The summed E-state index contributed by atoms with van der Waals surface area (Å²) in [6.07, 6.45) is 2.04. The molecular formula is C51H66ClN5O16S. The Morgan fingerprint density at radius 3 is 2.36 bits per heavy atom. The molecule has 23 heteroatoms. The SMILES string of the molecule is COc1cc2cc(c1Cl)N(C)C(=O)C[C@H](OC(=O)[C@H](C)N(C)C(=O)CCSC1CC(=O)N(CC3CCC(C(=O)ON4C(=O)CCC4=O)CC3)C1=O)[C@]1(C)O[C@H]1[C@H](C)[C@@H]1C[C@@](O)(NC(=O)O1)[C@H](OC)/C=C/C=C(/C)C2. The summed E-state index contributed by atoms with van der Waals surface area (Å²) in [7, 11) is 5.84. The summed E-state index contributed by atoms with van der Waals surface area (Å²) in [6, 6.07) is 2.36. The van der Waals surface area contributed by atoms with Crippen molar-refractivity contribution in [2.24, 2.45) is 17.8 Å². The predicted octanol–water partition coefficient (Wildman–Crippen LogP) is 4.18. The van der Waals surface area contributed by atoms with E-state index >= 15 is 0 Å². The van der Waals surface area contributed by atoms with Gasteiger partial charge in [-0.25, -0.2) is 14.4 Å². The number of likely N-dealkylation sites (tertiary alicyclic amines) is 1. The van der Waals surface area contributed by atoms with Gasteiger partial charge in [0.25, 0.3) is 11.8 Å². The molecule has 74 heavy (non-hydrogen) atoms. The second kappa shape index (κ2) is 23.1. The van der Waals surface area contributed by atoms with Crippen LogP contribution in [-0.2, 0) is 68.6 Å². The first-order chi connectivity index (χ1) is 35.0. The maximum atomic E-state index is 14.4. The summed E-state index contributed by atoms with van der Waals surface area (Å²) in [5.74, 6) is -4.93. The summed E-state index contributed by atoms with van der Waals surface area (Å²) in [5, 5.41) is 14.4. The average molecular weight is 1070 g/mol. The van der Waals surface area contributed by atoms with Gasteiger partial charge in [-0.2, -0.15) is 0 Å². The van der Waals surface area contributed by atoms with Crippen molar-refractivity contribution >= 4 is 82.5 Å². The van der Waals surface area contributed by atoms with Crippen LogP contribution in [0.2, 0.25) is 5.02 Å². The molecule has 6 aliphatic rings. The summed E-state index contributed by atoms with van der Waals surface area (Å²) in [6.45, 7) is 6.99. The van der Waals surface area contributed by atoms with Gasteiger partial charge in [0.05, 0.1) is 36.5 Å². The van der Waals surface area contributed by atoms with E-state index in [0.717, 1.165) is 11.1 Å². The fourth-order valence-corrected chi connectivity index (χ4v) is 11.7. The van der Waals surface area contributed by atoms with E-state index in [9.17, 15) is 48.3 Å². The molecule has 2 N–H and O–H groups in total. The highest BCUT2D eigenvalue weighted by Crippen LogP contribution is 2.49. The number of methoxy groups -OCH3 is 2. The van der Waals surface area contributed by atoms with E-state index in [1.165, 1.54) is 61.7 Å². The summed E-state index contributed by atoms with van der Waals surface area (Å²) in [4.78, 5) is 127. The minimum atomic E-state index is -1.89. The Morgan fingerprint density at radius 2 is 1.70 bits per heavy atom. The van der Waals surface area contributed by atoms with Gasteiger partial charge in [0.1, 0.15) is 40.7 Å². The molecule has 7 amide bonds. The number of carbonyl (C=O) groups is 9. The van der Waals surface area contributed by atoms with Crippen LogP contribution in [0.5, 0.6) is 5.75 Å². The lowest BCUT2D eigenvalue weighted by Crippen LogP contribution is -2.63. The van der Waals surface area contributed by atoms with Gasteiger partial charge in [0.2, 0.25) is 23.6 Å². The maximum Gasteiger partial charge on any atom is 0.409 e. The summed E-state index contributed by atoms with van der Waals surface area (Å²) >= 11 is 7.98. The molecule has 1 aromatic rings. The van der Waals surface area contributed by atoms with E-state index in [1.54, 1.807) is 38.1 Å². The molecule has 0 aromatic heterocycles. The number of hydroxylamine groups is 2. The number of anilines is 1. The van der Waals surface area contributed by atoms with Crippen molar-refractivity contribution < 1.29 is 76.8 Å². The number of hydrogen-bond donors (Lipinski definition) is 2. The van der Waals surface area contributed by atoms with E-state index in [1.807, 2.05) is 13.0 Å². The van der Waals surface area contributed by atoms with Crippen molar-refractivity contribution in [2.45, 2.75) is 145 Å². The van der Waals surface area contributed by atoms with Gasteiger partial charge in [0, 0.05) is 71.5 Å². The minimum Gasteiger partial charge on any atom is -0.495 e. The largest absolute Gasteiger partial charge is 0.495 e. The predicted molar refractivity (Wildman–Crippen MR) is 266 cm³/mol. The van der Waals surface area contributed by atoms with Crippen molar-refractivity contribution in [2.75, 3.05) is 45.5 Å². The summed E-state index contributed by atoms with van der Waals surface area (Å²) < 4.78 is 29.4. The maximum absolute atomic E-state index is 14.4. The van der Waals surface area contributed by atoms with Gasteiger partial charge in [-0.3, -0.25) is 39.0 Å². The number of amides is 7. The zero-order valence-electron chi connectivity index (χ0n) is 42.9. The lowest BCUT2D eigenvalue weighted by Gasteiger charge is -2.42. The smallest absolute Gasteiger partial charge is 0.409 e. The molecule has 9 atom stereocenters. The fourth-order valence-electron chi connectivity index (χ4n) is 10.3. The van der Waals surface area contributed by atoms with Crippen molar-refractivity contribution in [3.63, 3.8) is 0 Å². The second-order valence-electron chi connectivity index (χ2n) is 20.3. The zero-order valence-corrected chi connectivity index (χ0v) is 44.5. The highest BCUT2D eigenvalue weighted by molar-refractivity contribution is 8.00. The molecule has 0 spiro atoms. The number of allylic oxidation sites excluding steroid dienone is 3. The van der Waals surface area contributed by atoms with Crippen LogP contribution < -0.4 is 15.0 Å². The highest BCUT2D eigenvalue weighted by Gasteiger charge is 2.64. The topological polar surface area (TPSA) is 258 Å². The zero-order chi connectivity index (χ0) is 54.0. The molecule has 21 nitrogen and oxygen atoms in total. The number of hydrogen-bond acceptors (Lipinski definition) is 17. The second-order valence-corrected chi connectivity index (χ2v) is 22.0. The monoisotopic (exact) mass is 1070 g/mol. The molecule has 1 aliphatic carbocycles. The Kier molecular flexibility index (Phi) is 17.6. The van der Waals surface area contributed by atoms with Gasteiger partial charge >= 0.3 is 18.0 Å². The molecule has 1 unspecified atom stereocenters. The molecule has 1 aromatic carbocycles. The van der Waals surface area contributed by atoms with Gasteiger partial charge in [-0.15, -0.1) is 16.8 Å². The molecule has 5 heterocycles. The third-order valence-electron chi connectivity index (χ3n) is 15.2. The molecule has 1 saturated carbocycles. The number of ether oxygens (including phenoxy) is 5. The Bertz CT molecular complexity index is 2470. The normalized spacial score (nSPS) is 32.2. The quantitative estimate of drug-likeness (QED) is 0.160. The van der Waals surface area contributed by atoms with Crippen molar-refractivity contribution in [3.8, 4) is 5.75 Å². The first-order valence-electron chi connectivity index (χ1n) is 24.9.